The summed E-state index contributed by atoms with van der Waals surface area (Å²) in [6, 6.07) is 0. The van der Waals surface area contributed by atoms with Crippen molar-refractivity contribution >= 4 is 32.6 Å². The molecule has 2 nitrogen and oxygen atoms in total. The highest BCUT2D eigenvalue weighted by Gasteiger charge is 2.50. The molecular formula is C24H49BrO2Si2. The molecule has 172 valence electrons. The van der Waals surface area contributed by atoms with Gasteiger partial charge in [-0.25, -0.2) is 0 Å². The van der Waals surface area contributed by atoms with Gasteiger partial charge in [-0.3, -0.25) is 0 Å². The third kappa shape index (κ3) is 6.45. The van der Waals surface area contributed by atoms with Crippen LogP contribution >= 0.6 is 15.9 Å². The highest BCUT2D eigenvalue weighted by molar-refractivity contribution is 9.09. The molecule has 0 bridgehead atoms. The Bertz CT molecular complexity index is 466. The summed E-state index contributed by atoms with van der Waals surface area (Å²) < 4.78 is 14.2. The van der Waals surface area contributed by atoms with Crippen molar-refractivity contribution in [2.75, 3.05) is 5.33 Å². The van der Waals surface area contributed by atoms with E-state index in [2.05, 4.69) is 105 Å². The molecule has 0 aliphatic heterocycles. The van der Waals surface area contributed by atoms with Crippen LogP contribution in [0.4, 0.5) is 0 Å². The highest BCUT2D eigenvalue weighted by atomic mass is 79.9. The number of rotatable bonds is 13. The van der Waals surface area contributed by atoms with E-state index in [0.29, 0.717) is 33.2 Å². The molecule has 0 amide bonds. The highest BCUT2D eigenvalue weighted by Crippen LogP contribution is 2.46. The van der Waals surface area contributed by atoms with Gasteiger partial charge < -0.3 is 8.85 Å². The van der Waals surface area contributed by atoms with Crippen molar-refractivity contribution in [1.29, 1.82) is 0 Å². The van der Waals surface area contributed by atoms with E-state index in [0.717, 1.165) is 11.8 Å². The number of halogens is 1. The van der Waals surface area contributed by atoms with E-state index >= 15 is 0 Å². The fraction of sp³-hybridized carbons (Fsp3) is 0.917. The van der Waals surface area contributed by atoms with E-state index in [9.17, 15) is 0 Å². The molecule has 5 heteroatoms. The number of hydrogen-bond donors (Lipinski definition) is 0. The zero-order chi connectivity index (χ0) is 23.2. The SMILES string of the molecule is C#C[C@H](O[Si](C(C)C)(C(C)C)C(C)C)[C@H](CCBr)O[Si](C(C)C)(C(C)C)C(C)C. The van der Waals surface area contributed by atoms with Gasteiger partial charge in [-0.05, 0) is 39.7 Å². The fourth-order valence-corrected chi connectivity index (χ4v) is 17.4. The first-order chi connectivity index (χ1) is 13.2. The van der Waals surface area contributed by atoms with Crippen molar-refractivity contribution in [2.24, 2.45) is 0 Å². The topological polar surface area (TPSA) is 18.5 Å². The van der Waals surface area contributed by atoms with E-state index in [4.69, 9.17) is 15.3 Å². The second-order valence-corrected chi connectivity index (χ2v) is 22.1. The summed E-state index contributed by atoms with van der Waals surface area (Å²) in [6.07, 6.45) is 6.67. The summed E-state index contributed by atoms with van der Waals surface area (Å²) in [4.78, 5) is 0. The molecule has 2 atom stereocenters. The summed E-state index contributed by atoms with van der Waals surface area (Å²) in [5, 5.41) is 0.873. The van der Waals surface area contributed by atoms with Crippen molar-refractivity contribution in [3.63, 3.8) is 0 Å². The predicted molar refractivity (Wildman–Crippen MR) is 139 cm³/mol. The molecule has 0 aromatic rings. The first-order valence-corrected chi connectivity index (χ1v) is 17.0. The van der Waals surface area contributed by atoms with Crippen molar-refractivity contribution in [3.05, 3.63) is 0 Å². The molecule has 0 unspecified atom stereocenters. The van der Waals surface area contributed by atoms with E-state index in [-0.39, 0.29) is 12.2 Å². The van der Waals surface area contributed by atoms with Crippen molar-refractivity contribution in [3.8, 4) is 12.3 Å². The van der Waals surface area contributed by atoms with Crippen LogP contribution < -0.4 is 0 Å². The Labute approximate surface area is 193 Å². The van der Waals surface area contributed by atoms with E-state index in [1.54, 1.807) is 0 Å². The minimum atomic E-state index is -2.08. The molecule has 29 heavy (non-hydrogen) atoms. The first-order valence-electron chi connectivity index (χ1n) is 11.6. The largest absolute Gasteiger partial charge is 0.409 e. The molecule has 0 saturated heterocycles. The predicted octanol–water partition coefficient (Wildman–Crippen LogP) is 8.53. The molecule has 0 aromatic heterocycles. The smallest absolute Gasteiger partial charge is 0.202 e. The van der Waals surface area contributed by atoms with Crippen LogP contribution in [0.3, 0.4) is 0 Å². The standard InChI is InChI=1S/C24H49BrO2Si2/c1-14-23(26-28(17(2)3,18(4)5)19(6)7)24(15-16-25)27-29(20(8)9,21(10)11)22(12)13/h1,17-24H,15-16H2,2-13H3/t23-,24-/m0/s1. The lowest BCUT2D eigenvalue weighted by atomic mass is 10.2. The first kappa shape index (κ1) is 29.4. The lowest BCUT2D eigenvalue weighted by molar-refractivity contribution is 0.0615. The molecular weight excluding hydrogens is 456 g/mol. The summed E-state index contributed by atoms with van der Waals surface area (Å²) in [5.74, 6) is 3.04. The van der Waals surface area contributed by atoms with Gasteiger partial charge in [0.15, 0.2) is 0 Å². The molecule has 0 spiro atoms. The van der Waals surface area contributed by atoms with Crippen LogP contribution in [0, 0.1) is 12.3 Å². The monoisotopic (exact) mass is 504 g/mol. The molecule has 0 aromatic carbocycles. The van der Waals surface area contributed by atoms with Gasteiger partial charge >= 0.3 is 0 Å². The molecule has 0 rings (SSSR count). The summed E-state index contributed by atoms with van der Waals surface area (Å²) >= 11 is 3.66. The second-order valence-electron chi connectivity index (χ2n) is 10.5. The molecule has 0 fully saturated rings. The van der Waals surface area contributed by atoms with Gasteiger partial charge in [-0.1, -0.05) is 105 Å². The third-order valence-electron chi connectivity index (χ3n) is 7.00. The van der Waals surface area contributed by atoms with Crippen molar-refractivity contribution in [1.82, 2.24) is 0 Å². The van der Waals surface area contributed by atoms with Crippen molar-refractivity contribution < 1.29 is 8.85 Å². The Balaban J connectivity index is 6.21. The normalized spacial score (nSPS) is 15.8. The zero-order valence-corrected chi connectivity index (χ0v) is 24.9. The maximum atomic E-state index is 7.16. The summed E-state index contributed by atoms with van der Waals surface area (Å²) in [6.45, 7) is 27.9. The number of terminal acetylenes is 1. The van der Waals surface area contributed by atoms with Gasteiger partial charge in [-0.15, -0.1) is 6.42 Å². The van der Waals surface area contributed by atoms with Crippen molar-refractivity contribution in [2.45, 2.75) is 135 Å². The van der Waals surface area contributed by atoms with E-state index < -0.39 is 16.6 Å². The van der Waals surface area contributed by atoms with E-state index in [1.807, 2.05) is 0 Å². The van der Waals surface area contributed by atoms with E-state index in [1.165, 1.54) is 0 Å². The van der Waals surface area contributed by atoms with Crippen LogP contribution in [-0.4, -0.2) is 34.2 Å². The van der Waals surface area contributed by atoms with Gasteiger partial charge in [0.2, 0.25) is 16.6 Å². The Morgan fingerprint density at radius 2 is 0.966 bits per heavy atom. The van der Waals surface area contributed by atoms with Crippen LogP contribution in [0.15, 0.2) is 0 Å². The van der Waals surface area contributed by atoms with Gasteiger partial charge in [0.05, 0.1) is 6.10 Å². The third-order valence-corrected chi connectivity index (χ3v) is 19.7. The Kier molecular flexibility index (Phi) is 12.6. The summed E-state index contributed by atoms with van der Waals surface area (Å²) in [5.41, 5.74) is 3.10. The van der Waals surface area contributed by atoms with Gasteiger partial charge in [-0.2, -0.15) is 0 Å². The maximum absolute atomic E-state index is 7.16. The molecule has 0 radical (unpaired) electrons. The quantitative estimate of drug-likeness (QED) is 0.142. The lowest BCUT2D eigenvalue weighted by Gasteiger charge is -2.48. The number of hydrogen-bond acceptors (Lipinski definition) is 2. The van der Waals surface area contributed by atoms with Crippen LogP contribution in [-0.2, 0) is 8.85 Å². The summed E-state index contributed by atoms with van der Waals surface area (Å²) in [7, 11) is -4.13. The number of alkyl halides is 1. The average molecular weight is 506 g/mol. The minimum absolute atomic E-state index is 0.0543. The van der Waals surface area contributed by atoms with Crippen LogP contribution in [0.25, 0.3) is 0 Å². The second kappa shape index (κ2) is 12.4. The Morgan fingerprint density at radius 1 is 0.655 bits per heavy atom. The maximum Gasteiger partial charge on any atom is 0.202 e. The minimum Gasteiger partial charge on any atom is -0.409 e. The van der Waals surface area contributed by atoms with Crippen LogP contribution in [0.1, 0.15) is 89.5 Å². The van der Waals surface area contributed by atoms with Gasteiger partial charge in [0.1, 0.15) is 6.10 Å². The fourth-order valence-electron chi connectivity index (χ4n) is 5.90. The molecule has 0 aliphatic rings. The van der Waals surface area contributed by atoms with Crippen LogP contribution in [0.2, 0.25) is 33.2 Å². The van der Waals surface area contributed by atoms with Gasteiger partial charge in [0.25, 0.3) is 0 Å². The lowest BCUT2D eigenvalue weighted by Crippen LogP contribution is -2.56. The van der Waals surface area contributed by atoms with Gasteiger partial charge in [0, 0.05) is 5.33 Å². The molecule has 0 aliphatic carbocycles. The molecule has 0 heterocycles. The Hall–Kier alpha value is 0.394. The molecule has 0 saturated carbocycles. The Morgan fingerprint density at radius 3 is 1.21 bits per heavy atom. The average Bonchev–Trinajstić information content (AvgIpc) is 2.57. The molecule has 0 N–H and O–H groups in total. The zero-order valence-electron chi connectivity index (χ0n) is 21.3. The van der Waals surface area contributed by atoms with Crippen LogP contribution in [0.5, 0.6) is 0 Å².